The number of nitrogens with one attached hydrogen (secondary N) is 3. The number of hydrogen-bond donors (Lipinski definition) is 3. The molecule has 9 heteroatoms. The lowest BCUT2D eigenvalue weighted by molar-refractivity contribution is -0.118. The van der Waals surface area contributed by atoms with Crippen LogP contribution in [0.2, 0.25) is 0 Å². The summed E-state index contributed by atoms with van der Waals surface area (Å²) in [6.07, 6.45) is 15.1. The van der Waals surface area contributed by atoms with Gasteiger partial charge in [-0.3, -0.25) is 24.8 Å². The maximum absolute atomic E-state index is 13.9. The molecule has 7 unspecified atom stereocenters. The molecule has 6 rings (SSSR count). The normalized spacial score (nSPS) is 35.8. The lowest BCUT2D eigenvalue weighted by Crippen LogP contribution is -2.54. The Bertz CT molecular complexity index is 1500. The zero-order valence-electron chi connectivity index (χ0n) is 31.7. The fourth-order valence-electron chi connectivity index (χ4n) is 11.1. The highest BCUT2D eigenvalue weighted by Gasteiger charge is 2.59. The highest BCUT2D eigenvalue weighted by Crippen LogP contribution is 2.67. The van der Waals surface area contributed by atoms with Crippen LogP contribution in [0.15, 0.2) is 16.4 Å². The number of nitrogens with zero attached hydrogens (tertiary/aromatic N) is 2. The Kier molecular flexibility index (Phi) is 10.1. The van der Waals surface area contributed by atoms with Crippen molar-refractivity contribution in [3.8, 4) is 0 Å². The first kappa shape index (κ1) is 36.0. The highest BCUT2D eigenvalue weighted by atomic mass is 16.6. The third-order valence-electron chi connectivity index (χ3n) is 14.1. The van der Waals surface area contributed by atoms with Gasteiger partial charge in [-0.2, -0.15) is 4.98 Å². The van der Waals surface area contributed by atoms with Crippen LogP contribution in [0.4, 0.5) is 22.2 Å². The number of allylic oxidation sites excluding steroid dienone is 1. The Hall–Kier alpha value is -2.84. The molecule has 3 fully saturated rings. The van der Waals surface area contributed by atoms with E-state index >= 15 is 0 Å². The number of fused-ring (bicyclic) bond motifs is 6. The molecule has 5 aliphatic rings. The van der Waals surface area contributed by atoms with Gasteiger partial charge in [0.1, 0.15) is 6.10 Å². The highest BCUT2D eigenvalue weighted by molar-refractivity contribution is 5.94. The minimum Gasteiger partial charge on any atom is -0.445 e. The SMILES string of the molecule is CC(C)CCCC(C)[C@H]1CCC2C3CC=C4CC(OC(=O)N5c6c(nc(NC(=O)C(C)C)[nH]c6=O)NC(C)C5C)CC[C@]4(C)C3CC[C@@]21C. The van der Waals surface area contributed by atoms with Gasteiger partial charge in [0.15, 0.2) is 11.5 Å². The number of aromatic amines is 1. The predicted octanol–water partition coefficient (Wildman–Crippen LogP) is 8.92. The molecule has 1 aliphatic heterocycles. The van der Waals surface area contributed by atoms with Crippen LogP contribution in [0.3, 0.4) is 0 Å². The molecule has 9 nitrogen and oxygen atoms in total. The van der Waals surface area contributed by atoms with Crippen molar-refractivity contribution in [3.05, 3.63) is 22.0 Å². The van der Waals surface area contributed by atoms with Crippen molar-refractivity contribution in [2.45, 2.75) is 151 Å². The van der Waals surface area contributed by atoms with Gasteiger partial charge in [0.05, 0.1) is 6.04 Å². The molecule has 2 amide bonds. The monoisotopic (exact) mass is 677 g/mol. The number of H-pyrrole nitrogens is 1. The Morgan fingerprint density at radius 2 is 1.80 bits per heavy atom. The summed E-state index contributed by atoms with van der Waals surface area (Å²) in [6, 6.07) is -0.502. The molecule has 0 aromatic carbocycles. The molecular formula is C40H63N5O4. The van der Waals surface area contributed by atoms with Crippen molar-refractivity contribution < 1.29 is 14.3 Å². The number of amides is 2. The predicted molar refractivity (Wildman–Crippen MR) is 197 cm³/mol. The van der Waals surface area contributed by atoms with Crippen LogP contribution in [0, 0.1) is 52.3 Å². The van der Waals surface area contributed by atoms with E-state index in [0.29, 0.717) is 11.3 Å². The Labute approximate surface area is 294 Å². The van der Waals surface area contributed by atoms with E-state index in [0.717, 1.165) is 55.3 Å². The second-order valence-electron chi connectivity index (χ2n) is 17.8. The van der Waals surface area contributed by atoms with Gasteiger partial charge in [-0.05, 0) is 105 Å². The van der Waals surface area contributed by atoms with Crippen LogP contribution >= 0.6 is 0 Å². The van der Waals surface area contributed by atoms with Crippen molar-refractivity contribution in [2.75, 3.05) is 15.5 Å². The molecule has 3 saturated carbocycles. The largest absolute Gasteiger partial charge is 0.445 e. The second kappa shape index (κ2) is 13.7. The van der Waals surface area contributed by atoms with E-state index in [1.54, 1.807) is 13.8 Å². The van der Waals surface area contributed by atoms with E-state index in [-0.39, 0.29) is 52.9 Å². The number of aromatic nitrogens is 2. The van der Waals surface area contributed by atoms with E-state index < -0.39 is 11.7 Å². The van der Waals surface area contributed by atoms with Crippen LogP contribution in [0.1, 0.15) is 133 Å². The van der Waals surface area contributed by atoms with Crippen molar-refractivity contribution in [1.82, 2.24) is 9.97 Å². The van der Waals surface area contributed by atoms with Gasteiger partial charge in [-0.25, -0.2) is 4.79 Å². The molecule has 0 bridgehead atoms. The van der Waals surface area contributed by atoms with Crippen LogP contribution in [0.5, 0.6) is 0 Å². The number of carbonyl (C=O) groups excluding carboxylic acids is 2. The van der Waals surface area contributed by atoms with E-state index in [4.69, 9.17) is 4.74 Å². The summed E-state index contributed by atoms with van der Waals surface area (Å²) in [5.74, 6) is 4.55. The van der Waals surface area contributed by atoms with Crippen molar-refractivity contribution in [1.29, 1.82) is 0 Å². The van der Waals surface area contributed by atoms with Crippen LogP contribution in [0.25, 0.3) is 0 Å². The number of ether oxygens (including phenoxy) is 1. The molecule has 4 aliphatic carbocycles. The van der Waals surface area contributed by atoms with Gasteiger partial charge in [0.25, 0.3) is 5.56 Å². The summed E-state index contributed by atoms with van der Waals surface area (Å²) in [4.78, 5) is 48.1. The minimum atomic E-state index is -0.510. The average Bonchev–Trinajstić information content (AvgIpc) is 3.39. The van der Waals surface area contributed by atoms with Gasteiger partial charge in [-0.15, -0.1) is 0 Å². The average molecular weight is 678 g/mol. The number of hydrogen-bond acceptors (Lipinski definition) is 6. The van der Waals surface area contributed by atoms with E-state index in [9.17, 15) is 14.4 Å². The van der Waals surface area contributed by atoms with E-state index in [2.05, 4.69) is 61.3 Å². The van der Waals surface area contributed by atoms with Crippen LogP contribution < -0.4 is 21.1 Å². The molecule has 1 aromatic rings. The first-order valence-electron chi connectivity index (χ1n) is 19.5. The lowest BCUT2D eigenvalue weighted by Gasteiger charge is -2.58. The molecular weight excluding hydrogens is 614 g/mol. The standard InChI is InChI=1S/C40H63N5O4/c1-22(2)11-10-12-24(5)30-15-16-31-29-14-13-27-21-28(17-19-39(27,8)32(29)18-20-40(30,31)9)49-38(48)45-26(7)25(6)41-34-33(45)36(47)44-37(42-34)43-35(46)23(3)4/h13,22-26,28-32H,10-12,14-21H2,1-9H3,(H3,41,42,43,44,46,47)/t24?,25?,26?,28?,29?,30-,31?,32?,39+,40-/m1/s1. The van der Waals surface area contributed by atoms with Gasteiger partial charge in [-0.1, -0.05) is 79.4 Å². The third-order valence-corrected chi connectivity index (χ3v) is 14.1. The molecule has 0 saturated heterocycles. The summed E-state index contributed by atoms with van der Waals surface area (Å²) < 4.78 is 6.26. The fourth-order valence-corrected chi connectivity index (χ4v) is 11.1. The van der Waals surface area contributed by atoms with Gasteiger partial charge in [0, 0.05) is 18.4 Å². The van der Waals surface area contributed by atoms with Crippen LogP contribution in [-0.4, -0.2) is 40.2 Å². The summed E-state index contributed by atoms with van der Waals surface area (Å²) in [6.45, 7) is 19.8. The Balaban J connectivity index is 1.14. The number of carbonyl (C=O) groups is 2. The first-order valence-corrected chi connectivity index (χ1v) is 19.5. The quantitative estimate of drug-likeness (QED) is 0.237. The minimum absolute atomic E-state index is 0.0615. The Morgan fingerprint density at radius 3 is 2.51 bits per heavy atom. The molecule has 49 heavy (non-hydrogen) atoms. The van der Waals surface area contributed by atoms with Crippen molar-refractivity contribution in [2.24, 2.45) is 52.3 Å². The molecule has 0 radical (unpaired) electrons. The van der Waals surface area contributed by atoms with Crippen LogP contribution in [-0.2, 0) is 9.53 Å². The molecule has 1 aromatic heterocycles. The first-order chi connectivity index (χ1) is 23.1. The third kappa shape index (κ3) is 6.57. The maximum Gasteiger partial charge on any atom is 0.415 e. The zero-order valence-corrected chi connectivity index (χ0v) is 31.7. The van der Waals surface area contributed by atoms with E-state index in [1.165, 1.54) is 55.4 Å². The summed E-state index contributed by atoms with van der Waals surface area (Å²) in [5, 5.41) is 5.91. The van der Waals surface area contributed by atoms with Crippen molar-refractivity contribution >= 4 is 29.5 Å². The maximum atomic E-state index is 13.9. The molecule has 2 heterocycles. The van der Waals surface area contributed by atoms with Crippen molar-refractivity contribution in [3.63, 3.8) is 0 Å². The van der Waals surface area contributed by atoms with Gasteiger partial charge in [0.2, 0.25) is 11.9 Å². The van der Waals surface area contributed by atoms with E-state index in [1.807, 2.05) is 13.8 Å². The molecule has 3 N–H and O–H groups in total. The zero-order chi connectivity index (χ0) is 35.4. The summed E-state index contributed by atoms with van der Waals surface area (Å²) >= 11 is 0. The fraction of sp³-hybridized carbons (Fsp3) is 0.800. The summed E-state index contributed by atoms with van der Waals surface area (Å²) in [7, 11) is 0. The topological polar surface area (TPSA) is 116 Å². The molecule has 10 atom stereocenters. The second-order valence-corrected chi connectivity index (χ2v) is 17.8. The van der Waals surface area contributed by atoms with Gasteiger partial charge >= 0.3 is 6.09 Å². The molecule has 272 valence electrons. The lowest BCUT2D eigenvalue weighted by atomic mass is 9.47. The smallest absolute Gasteiger partial charge is 0.415 e. The van der Waals surface area contributed by atoms with Gasteiger partial charge < -0.3 is 10.1 Å². The summed E-state index contributed by atoms with van der Waals surface area (Å²) in [5.41, 5.74) is 1.74. The molecule has 0 spiro atoms. The number of anilines is 3. The Morgan fingerprint density at radius 1 is 1.04 bits per heavy atom. The number of rotatable bonds is 8.